The lowest BCUT2D eigenvalue weighted by atomic mass is 9.98. The van der Waals surface area contributed by atoms with Crippen LogP contribution >= 0.6 is 23.2 Å². The standard InChI is InChI=1S/C14H16Cl2N2O3/c15-5-4-12-3-1-2-6-17(12)14(19)10-7-11(16)9-13(8-10)18(20)21/h7-9,12H,1-6H2. The molecule has 21 heavy (non-hydrogen) atoms. The van der Waals surface area contributed by atoms with E-state index in [2.05, 4.69) is 0 Å². The van der Waals surface area contributed by atoms with Crippen LogP contribution in [0, 0.1) is 10.1 Å². The summed E-state index contributed by atoms with van der Waals surface area (Å²) in [4.78, 5) is 24.7. The van der Waals surface area contributed by atoms with Crippen molar-refractivity contribution in [2.75, 3.05) is 12.4 Å². The summed E-state index contributed by atoms with van der Waals surface area (Å²) in [5.74, 6) is 0.278. The molecule has 1 saturated heterocycles. The molecule has 0 saturated carbocycles. The highest BCUT2D eigenvalue weighted by molar-refractivity contribution is 6.31. The second-order valence-corrected chi connectivity index (χ2v) is 5.90. The number of halogens is 2. The normalized spacial score (nSPS) is 18.6. The molecule has 5 nitrogen and oxygen atoms in total. The molecule has 0 spiro atoms. The Morgan fingerprint density at radius 3 is 2.81 bits per heavy atom. The minimum Gasteiger partial charge on any atom is -0.336 e. The molecule has 114 valence electrons. The summed E-state index contributed by atoms with van der Waals surface area (Å²) in [5, 5.41) is 11.1. The molecule has 1 fully saturated rings. The number of non-ortho nitro benzene ring substituents is 1. The van der Waals surface area contributed by atoms with Gasteiger partial charge in [0, 0.05) is 41.2 Å². The minimum atomic E-state index is -0.547. The second kappa shape index (κ2) is 7.09. The van der Waals surface area contributed by atoms with Gasteiger partial charge in [0.05, 0.1) is 4.92 Å². The van der Waals surface area contributed by atoms with Crippen molar-refractivity contribution < 1.29 is 9.72 Å². The maximum absolute atomic E-state index is 12.6. The number of nitrogens with zero attached hydrogens (tertiary/aromatic N) is 2. The van der Waals surface area contributed by atoms with Gasteiger partial charge in [-0.3, -0.25) is 14.9 Å². The van der Waals surface area contributed by atoms with Gasteiger partial charge in [0.2, 0.25) is 0 Å². The number of nitro benzene ring substituents is 1. The second-order valence-electron chi connectivity index (χ2n) is 5.08. The van der Waals surface area contributed by atoms with Gasteiger partial charge >= 0.3 is 0 Å². The molecule has 0 aromatic heterocycles. The molecule has 1 unspecified atom stereocenters. The average Bonchev–Trinajstić information content (AvgIpc) is 2.47. The molecule has 1 aliphatic rings. The maximum atomic E-state index is 12.6. The van der Waals surface area contributed by atoms with E-state index < -0.39 is 4.92 Å². The third-order valence-corrected chi connectivity index (χ3v) is 4.11. The summed E-state index contributed by atoms with van der Waals surface area (Å²) >= 11 is 11.7. The molecule has 0 radical (unpaired) electrons. The first-order chi connectivity index (χ1) is 10.0. The number of piperidine rings is 1. The average molecular weight is 331 g/mol. The Kier molecular flexibility index (Phi) is 5.42. The summed E-state index contributed by atoms with van der Waals surface area (Å²) in [6.07, 6.45) is 3.66. The molecule has 1 aromatic carbocycles. The zero-order valence-electron chi connectivity index (χ0n) is 11.4. The van der Waals surface area contributed by atoms with Gasteiger partial charge in [-0.25, -0.2) is 0 Å². The molecule has 1 aliphatic heterocycles. The van der Waals surface area contributed by atoms with Crippen LogP contribution in [0.1, 0.15) is 36.0 Å². The number of alkyl halides is 1. The van der Waals surface area contributed by atoms with Crippen LogP contribution in [-0.2, 0) is 0 Å². The van der Waals surface area contributed by atoms with Crippen molar-refractivity contribution in [2.45, 2.75) is 31.7 Å². The summed E-state index contributed by atoms with van der Waals surface area (Å²) < 4.78 is 0. The zero-order valence-corrected chi connectivity index (χ0v) is 12.9. The number of hydrogen-bond donors (Lipinski definition) is 0. The van der Waals surface area contributed by atoms with Crippen molar-refractivity contribution in [3.05, 3.63) is 38.9 Å². The lowest BCUT2D eigenvalue weighted by Crippen LogP contribution is -2.44. The Labute approximate surface area is 133 Å². The molecule has 1 amide bonds. The molecular formula is C14H16Cl2N2O3. The van der Waals surface area contributed by atoms with E-state index in [1.54, 1.807) is 4.90 Å². The lowest BCUT2D eigenvalue weighted by Gasteiger charge is -2.35. The number of hydrogen-bond acceptors (Lipinski definition) is 3. The van der Waals surface area contributed by atoms with E-state index in [1.165, 1.54) is 18.2 Å². The van der Waals surface area contributed by atoms with Gasteiger partial charge in [-0.2, -0.15) is 0 Å². The first-order valence-corrected chi connectivity index (χ1v) is 7.76. The molecule has 1 heterocycles. The summed E-state index contributed by atoms with van der Waals surface area (Å²) in [5.41, 5.74) is 0.0902. The monoisotopic (exact) mass is 330 g/mol. The first kappa shape index (κ1) is 16.0. The van der Waals surface area contributed by atoms with E-state index >= 15 is 0 Å². The van der Waals surface area contributed by atoms with Crippen LogP contribution in [0.2, 0.25) is 5.02 Å². The topological polar surface area (TPSA) is 63.4 Å². The van der Waals surface area contributed by atoms with Crippen molar-refractivity contribution in [1.29, 1.82) is 0 Å². The van der Waals surface area contributed by atoms with E-state index in [9.17, 15) is 14.9 Å². The smallest absolute Gasteiger partial charge is 0.271 e. The van der Waals surface area contributed by atoms with Crippen molar-refractivity contribution in [3.8, 4) is 0 Å². The van der Waals surface area contributed by atoms with Crippen molar-refractivity contribution in [2.24, 2.45) is 0 Å². The highest BCUT2D eigenvalue weighted by atomic mass is 35.5. The van der Waals surface area contributed by atoms with Gasteiger partial charge in [0.25, 0.3) is 11.6 Å². The SMILES string of the molecule is O=C(c1cc(Cl)cc([N+](=O)[O-])c1)N1CCCCC1CCCl. The Morgan fingerprint density at radius 2 is 2.14 bits per heavy atom. The van der Waals surface area contributed by atoms with Gasteiger partial charge in [-0.15, -0.1) is 11.6 Å². The van der Waals surface area contributed by atoms with Crippen LogP contribution in [0.15, 0.2) is 18.2 Å². The summed E-state index contributed by atoms with van der Waals surface area (Å²) in [7, 11) is 0. The number of carbonyl (C=O) groups excluding carboxylic acids is 1. The molecular weight excluding hydrogens is 315 g/mol. The molecule has 0 bridgehead atoms. The largest absolute Gasteiger partial charge is 0.336 e. The van der Waals surface area contributed by atoms with Crippen molar-refractivity contribution in [3.63, 3.8) is 0 Å². The third-order valence-electron chi connectivity index (χ3n) is 3.67. The van der Waals surface area contributed by atoms with Crippen LogP contribution < -0.4 is 0 Å². The highest BCUT2D eigenvalue weighted by Gasteiger charge is 2.28. The fourth-order valence-electron chi connectivity index (χ4n) is 2.66. The number of likely N-dealkylation sites (tertiary alicyclic amines) is 1. The van der Waals surface area contributed by atoms with Crippen LogP contribution in [-0.4, -0.2) is 34.2 Å². The van der Waals surface area contributed by atoms with E-state index in [0.717, 1.165) is 25.7 Å². The fourth-order valence-corrected chi connectivity index (χ4v) is 3.14. The predicted molar refractivity (Wildman–Crippen MR) is 82.1 cm³/mol. The molecule has 1 atom stereocenters. The number of benzene rings is 1. The minimum absolute atomic E-state index is 0.0989. The Morgan fingerprint density at radius 1 is 1.38 bits per heavy atom. The van der Waals surface area contributed by atoms with Gasteiger partial charge in [0.1, 0.15) is 0 Å². The molecule has 0 aliphatic carbocycles. The Balaban J connectivity index is 2.27. The van der Waals surface area contributed by atoms with Crippen molar-refractivity contribution >= 4 is 34.8 Å². The van der Waals surface area contributed by atoms with E-state index in [1.807, 2.05) is 0 Å². The number of carbonyl (C=O) groups is 1. The summed E-state index contributed by atoms with van der Waals surface area (Å²) in [6, 6.07) is 4.09. The zero-order chi connectivity index (χ0) is 15.4. The maximum Gasteiger partial charge on any atom is 0.271 e. The first-order valence-electron chi connectivity index (χ1n) is 6.85. The van der Waals surface area contributed by atoms with E-state index in [4.69, 9.17) is 23.2 Å². The molecule has 2 rings (SSSR count). The van der Waals surface area contributed by atoms with E-state index in [0.29, 0.717) is 12.4 Å². The highest BCUT2D eigenvalue weighted by Crippen LogP contribution is 2.26. The number of rotatable bonds is 4. The van der Waals surface area contributed by atoms with Crippen LogP contribution in [0.25, 0.3) is 0 Å². The molecule has 7 heteroatoms. The van der Waals surface area contributed by atoms with Gasteiger partial charge in [0.15, 0.2) is 0 Å². The molecule has 0 N–H and O–H groups in total. The van der Waals surface area contributed by atoms with Gasteiger partial charge in [-0.05, 0) is 31.7 Å². The number of amides is 1. The van der Waals surface area contributed by atoms with Crippen LogP contribution in [0.3, 0.4) is 0 Å². The summed E-state index contributed by atoms with van der Waals surface area (Å²) in [6.45, 7) is 0.653. The third kappa shape index (κ3) is 3.86. The quantitative estimate of drug-likeness (QED) is 0.478. The Hall–Kier alpha value is -1.33. The van der Waals surface area contributed by atoms with Gasteiger partial charge in [-0.1, -0.05) is 11.6 Å². The van der Waals surface area contributed by atoms with Crippen LogP contribution in [0.4, 0.5) is 5.69 Å². The van der Waals surface area contributed by atoms with Crippen LogP contribution in [0.5, 0.6) is 0 Å². The fraction of sp³-hybridized carbons (Fsp3) is 0.500. The molecule has 1 aromatic rings. The van der Waals surface area contributed by atoms with Crippen molar-refractivity contribution in [1.82, 2.24) is 4.90 Å². The van der Waals surface area contributed by atoms with E-state index in [-0.39, 0.29) is 28.2 Å². The number of nitro groups is 1. The van der Waals surface area contributed by atoms with Gasteiger partial charge < -0.3 is 4.90 Å². The lowest BCUT2D eigenvalue weighted by molar-refractivity contribution is -0.384. The Bertz CT molecular complexity index is 549. The predicted octanol–water partition coefficient (Wildman–Crippen LogP) is 3.87.